The highest BCUT2D eigenvalue weighted by Gasteiger charge is 2.44. The van der Waals surface area contributed by atoms with Gasteiger partial charge in [-0.15, -0.1) is 6.42 Å². The molecule has 1 saturated heterocycles. The molecule has 0 aromatic carbocycles. The van der Waals surface area contributed by atoms with Crippen molar-refractivity contribution in [1.29, 1.82) is 0 Å². The molecule has 1 N–H and O–H groups in total. The Morgan fingerprint density at radius 3 is 2.47 bits per heavy atom. The summed E-state index contributed by atoms with van der Waals surface area (Å²) in [6, 6.07) is 0. The fourth-order valence-corrected chi connectivity index (χ4v) is 1.52. The summed E-state index contributed by atoms with van der Waals surface area (Å²) in [6.45, 7) is 6.87. The highest BCUT2D eigenvalue weighted by Crippen LogP contribution is 2.21. The molecule has 1 rings (SSSR count). The van der Waals surface area contributed by atoms with Gasteiger partial charge in [-0.3, -0.25) is 9.59 Å². The van der Waals surface area contributed by atoms with Crippen molar-refractivity contribution in [2.24, 2.45) is 0 Å². The number of nitrogens with zero attached hydrogens (tertiary/aromatic N) is 1. The first-order valence-electron chi connectivity index (χ1n) is 4.81. The summed E-state index contributed by atoms with van der Waals surface area (Å²) in [5.41, 5.74) is -1.60. The van der Waals surface area contributed by atoms with Gasteiger partial charge in [-0.25, -0.2) is 0 Å². The van der Waals surface area contributed by atoms with E-state index in [1.54, 1.807) is 27.7 Å². The molecule has 0 unspecified atom stereocenters. The zero-order chi connectivity index (χ0) is 11.9. The van der Waals surface area contributed by atoms with Crippen molar-refractivity contribution >= 4 is 11.8 Å². The topological polar surface area (TPSA) is 49.4 Å². The van der Waals surface area contributed by atoms with Crippen LogP contribution in [0.2, 0.25) is 0 Å². The predicted octanol–water partition coefficient (Wildman–Crippen LogP) is 0.135. The number of hydrogen-bond donors (Lipinski definition) is 1. The van der Waals surface area contributed by atoms with Gasteiger partial charge in [0.15, 0.2) is 0 Å². The molecular weight excluding hydrogens is 192 g/mol. The van der Waals surface area contributed by atoms with Crippen molar-refractivity contribution in [2.45, 2.75) is 38.8 Å². The van der Waals surface area contributed by atoms with Gasteiger partial charge in [0.05, 0.1) is 5.54 Å². The fraction of sp³-hybridized carbons (Fsp3) is 0.636. The minimum Gasteiger partial charge on any atom is -0.341 e. The number of hydrogen-bond acceptors (Lipinski definition) is 2. The molecule has 1 aliphatic rings. The molecule has 0 saturated carbocycles. The van der Waals surface area contributed by atoms with Crippen LogP contribution in [0.3, 0.4) is 0 Å². The van der Waals surface area contributed by atoms with E-state index >= 15 is 0 Å². The van der Waals surface area contributed by atoms with Crippen molar-refractivity contribution in [3.8, 4) is 12.3 Å². The lowest BCUT2D eigenvalue weighted by Crippen LogP contribution is -2.67. The van der Waals surface area contributed by atoms with Crippen LogP contribution in [0.5, 0.6) is 0 Å². The molecule has 1 aliphatic heterocycles. The van der Waals surface area contributed by atoms with Gasteiger partial charge < -0.3 is 10.2 Å². The molecule has 15 heavy (non-hydrogen) atoms. The number of carbonyl (C=O) groups excluding carboxylic acids is 2. The molecule has 0 bridgehead atoms. The van der Waals surface area contributed by atoms with Crippen LogP contribution in [0.15, 0.2) is 0 Å². The average molecular weight is 208 g/mol. The van der Waals surface area contributed by atoms with E-state index in [2.05, 4.69) is 11.2 Å². The van der Waals surface area contributed by atoms with E-state index < -0.39 is 11.1 Å². The Kier molecular flexibility index (Phi) is 2.52. The smallest absolute Gasteiger partial charge is 0.249 e. The lowest BCUT2D eigenvalue weighted by atomic mass is 9.94. The molecule has 0 aromatic rings. The summed E-state index contributed by atoms with van der Waals surface area (Å²) in [5.74, 6) is 2.20. The Balaban J connectivity index is 3.06. The highest BCUT2D eigenvalue weighted by atomic mass is 16.2. The Bertz CT molecular complexity index is 350. The second kappa shape index (κ2) is 3.27. The molecule has 82 valence electrons. The third-order valence-corrected chi connectivity index (χ3v) is 2.56. The molecule has 0 aliphatic carbocycles. The van der Waals surface area contributed by atoms with Crippen molar-refractivity contribution in [3.05, 3.63) is 0 Å². The van der Waals surface area contributed by atoms with E-state index in [0.717, 1.165) is 0 Å². The van der Waals surface area contributed by atoms with E-state index in [-0.39, 0.29) is 18.4 Å². The van der Waals surface area contributed by atoms with Gasteiger partial charge in [0.25, 0.3) is 0 Å². The molecule has 4 nitrogen and oxygen atoms in total. The van der Waals surface area contributed by atoms with E-state index in [1.165, 1.54) is 4.90 Å². The first kappa shape index (κ1) is 11.6. The van der Waals surface area contributed by atoms with E-state index in [4.69, 9.17) is 6.42 Å². The SMILES string of the molecule is C#CC(C)(C)N1CC(=O)NC(C)(C)C1=O. The summed E-state index contributed by atoms with van der Waals surface area (Å²) in [5, 5.41) is 2.63. The van der Waals surface area contributed by atoms with Crippen molar-refractivity contribution in [1.82, 2.24) is 10.2 Å². The van der Waals surface area contributed by atoms with Crippen LogP contribution < -0.4 is 5.32 Å². The van der Waals surface area contributed by atoms with Crippen LogP contribution in [0, 0.1) is 12.3 Å². The largest absolute Gasteiger partial charge is 0.341 e. The third-order valence-electron chi connectivity index (χ3n) is 2.56. The van der Waals surface area contributed by atoms with Crippen molar-refractivity contribution < 1.29 is 9.59 Å². The Morgan fingerprint density at radius 2 is 2.00 bits per heavy atom. The van der Waals surface area contributed by atoms with Crippen LogP contribution in [0.1, 0.15) is 27.7 Å². The van der Waals surface area contributed by atoms with Crippen LogP contribution in [0.4, 0.5) is 0 Å². The molecular formula is C11H16N2O2. The third kappa shape index (κ3) is 1.96. The number of rotatable bonds is 1. The Morgan fingerprint density at radius 1 is 1.47 bits per heavy atom. The lowest BCUT2D eigenvalue weighted by Gasteiger charge is -2.43. The summed E-state index contributed by atoms with van der Waals surface area (Å²) in [7, 11) is 0. The summed E-state index contributed by atoms with van der Waals surface area (Å²) in [4.78, 5) is 24.9. The zero-order valence-corrected chi connectivity index (χ0v) is 9.55. The van der Waals surface area contributed by atoms with Gasteiger partial charge in [-0.1, -0.05) is 5.92 Å². The zero-order valence-electron chi connectivity index (χ0n) is 9.55. The van der Waals surface area contributed by atoms with Crippen LogP contribution in [0.25, 0.3) is 0 Å². The monoisotopic (exact) mass is 208 g/mol. The maximum Gasteiger partial charge on any atom is 0.249 e. The normalized spacial score (nSPS) is 20.9. The van der Waals surface area contributed by atoms with Crippen molar-refractivity contribution in [2.75, 3.05) is 6.54 Å². The Hall–Kier alpha value is -1.50. The second-order valence-corrected chi connectivity index (χ2v) is 4.77. The first-order valence-corrected chi connectivity index (χ1v) is 4.81. The van der Waals surface area contributed by atoms with Crippen LogP contribution in [-0.2, 0) is 9.59 Å². The maximum absolute atomic E-state index is 12.0. The Labute approximate surface area is 90.0 Å². The molecule has 0 aromatic heterocycles. The number of piperazine rings is 1. The van der Waals surface area contributed by atoms with Gasteiger partial charge in [-0.2, -0.15) is 0 Å². The molecule has 0 atom stereocenters. The molecule has 2 amide bonds. The molecule has 0 radical (unpaired) electrons. The average Bonchev–Trinajstić information content (AvgIpc) is 2.10. The molecule has 0 spiro atoms. The van der Waals surface area contributed by atoms with Gasteiger partial charge in [0.1, 0.15) is 12.1 Å². The molecule has 4 heteroatoms. The highest BCUT2D eigenvalue weighted by molar-refractivity contribution is 5.98. The van der Waals surface area contributed by atoms with E-state index in [0.29, 0.717) is 0 Å². The van der Waals surface area contributed by atoms with E-state index in [1.807, 2.05) is 0 Å². The summed E-state index contributed by atoms with van der Waals surface area (Å²) >= 11 is 0. The minimum absolute atomic E-state index is 0.0272. The van der Waals surface area contributed by atoms with Gasteiger partial charge >= 0.3 is 0 Å². The number of amides is 2. The van der Waals surface area contributed by atoms with Crippen molar-refractivity contribution in [3.63, 3.8) is 0 Å². The van der Waals surface area contributed by atoms with Crippen LogP contribution in [-0.4, -0.2) is 34.3 Å². The second-order valence-electron chi connectivity index (χ2n) is 4.77. The molecule has 1 heterocycles. The summed E-state index contributed by atoms with van der Waals surface area (Å²) < 4.78 is 0. The lowest BCUT2D eigenvalue weighted by molar-refractivity contribution is -0.152. The number of terminal acetylenes is 1. The standard InChI is InChI=1S/C11H16N2O2/c1-6-10(2,3)13-7-8(14)12-11(4,5)9(13)15/h1H,7H2,2-5H3,(H,12,14). The van der Waals surface area contributed by atoms with Gasteiger partial charge in [-0.05, 0) is 27.7 Å². The van der Waals surface area contributed by atoms with Crippen LogP contribution >= 0.6 is 0 Å². The molecule has 1 fully saturated rings. The minimum atomic E-state index is -0.872. The first-order chi connectivity index (χ1) is 6.70. The predicted molar refractivity (Wildman–Crippen MR) is 56.8 cm³/mol. The van der Waals surface area contributed by atoms with Gasteiger partial charge in [0.2, 0.25) is 11.8 Å². The number of nitrogens with one attached hydrogen (secondary N) is 1. The fourth-order valence-electron chi connectivity index (χ4n) is 1.52. The quantitative estimate of drug-likeness (QED) is 0.623. The van der Waals surface area contributed by atoms with E-state index in [9.17, 15) is 9.59 Å². The summed E-state index contributed by atoms with van der Waals surface area (Å²) in [6.07, 6.45) is 5.36. The number of carbonyl (C=O) groups is 2. The van der Waals surface area contributed by atoms with Gasteiger partial charge in [0, 0.05) is 0 Å². The maximum atomic E-state index is 12.0.